The molecule has 0 spiro atoms. The van der Waals surface area contributed by atoms with Crippen LogP contribution >= 0.6 is 0 Å². The Balaban J connectivity index is 1.03. The first kappa shape index (κ1) is 34.3. The SMILES string of the molecule is CC1(C)c2ccccc2-c2ccc(-c3nc(-c4ccccc4)nc(-c4ccc(-c5nc6ccccc6c6c(-c7ccccc7)c7c(cc56)oc5ccccc57)cc4)n3)cc21. The molecule has 0 bridgehead atoms. The van der Waals surface area contributed by atoms with E-state index >= 15 is 0 Å². The van der Waals surface area contributed by atoms with E-state index in [1.807, 2.05) is 42.5 Å². The smallest absolute Gasteiger partial charge is 0.164 e. The van der Waals surface area contributed by atoms with E-state index in [-0.39, 0.29) is 5.41 Å². The Morgan fingerprint density at radius 3 is 1.72 bits per heavy atom. The summed E-state index contributed by atoms with van der Waals surface area (Å²) in [5, 5.41) is 5.49. The van der Waals surface area contributed by atoms with Gasteiger partial charge in [-0.1, -0.05) is 172 Å². The molecule has 0 unspecified atom stereocenters. The number of hydrogen-bond donors (Lipinski definition) is 0. The Morgan fingerprint density at radius 2 is 0.950 bits per heavy atom. The van der Waals surface area contributed by atoms with E-state index < -0.39 is 0 Å². The summed E-state index contributed by atoms with van der Waals surface area (Å²) in [6, 6.07) is 63.6. The number of aromatic nitrogens is 4. The van der Waals surface area contributed by atoms with Crippen LogP contribution in [0.15, 0.2) is 186 Å². The number of nitrogens with zero attached hydrogens (tertiary/aromatic N) is 4. The molecule has 0 saturated carbocycles. The third kappa shape index (κ3) is 5.26. The van der Waals surface area contributed by atoms with Gasteiger partial charge in [0.05, 0.1) is 11.2 Å². The van der Waals surface area contributed by atoms with Crippen LogP contribution in [-0.4, -0.2) is 19.9 Å². The van der Waals surface area contributed by atoms with Gasteiger partial charge in [-0.25, -0.2) is 19.9 Å². The summed E-state index contributed by atoms with van der Waals surface area (Å²) in [6.07, 6.45) is 0. The van der Waals surface area contributed by atoms with Gasteiger partial charge in [-0.2, -0.15) is 0 Å². The van der Waals surface area contributed by atoms with Crippen molar-refractivity contribution in [1.29, 1.82) is 0 Å². The molecular formula is C55H36N4O. The molecule has 0 radical (unpaired) electrons. The summed E-state index contributed by atoms with van der Waals surface area (Å²) in [4.78, 5) is 20.7. The summed E-state index contributed by atoms with van der Waals surface area (Å²) in [7, 11) is 0. The molecule has 1 aliphatic carbocycles. The topological polar surface area (TPSA) is 64.7 Å². The molecule has 1 aliphatic rings. The molecular weight excluding hydrogens is 733 g/mol. The lowest BCUT2D eigenvalue weighted by atomic mass is 9.82. The monoisotopic (exact) mass is 768 g/mol. The van der Waals surface area contributed by atoms with Crippen molar-refractivity contribution >= 4 is 43.6 Å². The highest BCUT2D eigenvalue weighted by molar-refractivity contribution is 6.27. The minimum absolute atomic E-state index is 0.144. The molecule has 0 fully saturated rings. The fourth-order valence-electron chi connectivity index (χ4n) is 9.40. The van der Waals surface area contributed by atoms with Gasteiger partial charge < -0.3 is 4.42 Å². The summed E-state index contributed by atoms with van der Waals surface area (Å²) >= 11 is 0. The first-order valence-electron chi connectivity index (χ1n) is 20.4. The van der Waals surface area contributed by atoms with E-state index in [9.17, 15) is 0 Å². The van der Waals surface area contributed by atoms with Crippen LogP contribution in [0.2, 0.25) is 0 Å². The summed E-state index contributed by atoms with van der Waals surface area (Å²) in [6.45, 7) is 4.60. The average Bonchev–Trinajstić information content (AvgIpc) is 3.79. The zero-order valence-corrected chi connectivity index (χ0v) is 33.0. The van der Waals surface area contributed by atoms with E-state index in [4.69, 9.17) is 24.4 Å². The van der Waals surface area contributed by atoms with Crippen molar-refractivity contribution in [3.8, 4) is 67.7 Å². The second-order valence-corrected chi connectivity index (χ2v) is 16.2. The molecule has 12 rings (SSSR count). The lowest BCUT2D eigenvalue weighted by molar-refractivity contribution is 0.660. The Morgan fingerprint density at radius 1 is 0.383 bits per heavy atom. The lowest BCUT2D eigenvalue weighted by Gasteiger charge is -2.21. The lowest BCUT2D eigenvalue weighted by Crippen LogP contribution is -2.15. The fourth-order valence-corrected chi connectivity index (χ4v) is 9.40. The maximum absolute atomic E-state index is 6.60. The van der Waals surface area contributed by atoms with Crippen LogP contribution in [0.25, 0.3) is 111 Å². The van der Waals surface area contributed by atoms with Gasteiger partial charge in [-0.05, 0) is 52.1 Å². The molecule has 0 aliphatic heterocycles. The maximum Gasteiger partial charge on any atom is 0.164 e. The first-order chi connectivity index (χ1) is 29.5. The largest absolute Gasteiger partial charge is 0.456 e. The zero-order chi connectivity index (χ0) is 40.0. The van der Waals surface area contributed by atoms with Gasteiger partial charge in [0.15, 0.2) is 17.5 Å². The molecule has 0 saturated heterocycles. The molecule has 8 aromatic carbocycles. The minimum atomic E-state index is -0.144. The molecule has 5 nitrogen and oxygen atoms in total. The van der Waals surface area contributed by atoms with Crippen LogP contribution in [0.5, 0.6) is 0 Å². The van der Waals surface area contributed by atoms with Crippen molar-refractivity contribution in [2.45, 2.75) is 19.3 Å². The highest BCUT2D eigenvalue weighted by Crippen LogP contribution is 2.50. The Hall–Kier alpha value is -7.76. The van der Waals surface area contributed by atoms with Crippen LogP contribution in [0, 0.1) is 0 Å². The molecule has 282 valence electrons. The number of pyridine rings is 1. The normalized spacial score (nSPS) is 13.0. The minimum Gasteiger partial charge on any atom is -0.456 e. The van der Waals surface area contributed by atoms with Crippen molar-refractivity contribution in [2.24, 2.45) is 0 Å². The van der Waals surface area contributed by atoms with E-state index in [1.54, 1.807) is 0 Å². The van der Waals surface area contributed by atoms with Crippen LogP contribution in [-0.2, 0) is 5.41 Å². The first-order valence-corrected chi connectivity index (χ1v) is 20.4. The highest BCUT2D eigenvalue weighted by Gasteiger charge is 2.35. The molecule has 0 atom stereocenters. The average molecular weight is 769 g/mol. The second-order valence-electron chi connectivity index (χ2n) is 16.2. The van der Waals surface area contributed by atoms with E-state index in [0.717, 1.165) is 82.7 Å². The molecule has 3 aromatic heterocycles. The number of fused-ring (bicyclic) bond motifs is 9. The fraction of sp³-hybridized carbons (Fsp3) is 0.0545. The van der Waals surface area contributed by atoms with Gasteiger partial charge in [-0.15, -0.1) is 0 Å². The molecule has 5 heteroatoms. The number of rotatable bonds is 5. The van der Waals surface area contributed by atoms with E-state index in [2.05, 4.69) is 153 Å². The van der Waals surface area contributed by atoms with Crippen LogP contribution in [0.1, 0.15) is 25.0 Å². The van der Waals surface area contributed by atoms with Crippen molar-refractivity contribution in [3.63, 3.8) is 0 Å². The quantitative estimate of drug-likeness (QED) is 0.163. The predicted octanol–water partition coefficient (Wildman–Crippen LogP) is 14.1. The number of para-hydroxylation sites is 2. The van der Waals surface area contributed by atoms with Crippen molar-refractivity contribution in [3.05, 3.63) is 193 Å². The Bertz CT molecular complexity index is 3500. The van der Waals surface area contributed by atoms with Gasteiger partial charge in [0.25, 0.3) is 0 Å². The summed E-state index contributed by atoms with van der Waals surface area (Å²) < 4.78 is 6.60. The van der Waals surface area contributed by atoms with Crippen molar-refractivity contribution in [2.75, 3.05) is 0 Å². The predicted molar refractivity (Wildman–Crippen MR) is 245 cm³/mol. The van der Waals surface area contributed by atoms with Gasteiger partial charge in [-0.3, -0.25) is 0 Å². The number of benzene rings is 8. The number of furan rings is 1. The van der Waals surface area contributed by atoms with Gasteiger partial charge >= 0.3 is 0 Å². The van der Waals surface area contributed by atoms with Crippen molar-refractivity contribution in [1.82, 2.24) is 19.9 Å². The molecule has 60 heavy (non-hydrogen) atoms. The third-order valence-electron chi connectivity index (χ3n) is 12.3. The zero-order valence-electron chi connectivity index (χ0n) is 33.0. The third-order valence-corrected chi connectivity index (χ3v) is 12.3. The summed E-state index contributed by atoms with van der Waals surface area (Å²) in [5.74, 6) is 1.89. The van der Waals surface area contributed by atoms with E-state index in [0.29, 0.717) is 17.5 Å². The molecule has 0 N–H and O–H groups in total. The van der Waals surface area contributed by atoms with E-state index in [1.165, 1.54) is 22.3 Å². The molecule has 3 heterocycles. The standard InChI is InChI=1S/C55H36N4O/c1-55(2)43-22-12-9-19-38(43)39-30-29-37(31-44(39)55)54-58-52(35-17-7-4-8-18-35)57-53(59-54)36-27-25-34(26-28-36)51-42-32-47-50(41-21-11-14-24-46(41)60-47)48(33-15-5-3-6-16-33)49(42)40-20-10-13-23-45(40)56-51/h3-32H,1-2H3. The highest BCUT2D eigenvalue weighted by atomic mass is 16.3. The summed E-state index contributed by atoms with van der Waals surface area (Å²) in [5.41, 5.74) is 14.6. The second kappa shape index (κ2) is 13.1. The van der Waals surface area contributed by atoms with Crippen LogP contribution in [0.3, 0.4) is 0 Å². The van der Waals surface area contributed by atoms with Crippen LogP contribution in [0.4, 0.5) is 0 Å². The van der Waals surface area contributed by atoms with Crippen molar-refractivity contribution < 1.29 is 4.42 Å². The van der Waals surface area contributed by atoms with Gasteiger partial charge in [0.2, 0.25) is 0 Å². The Labute approximate surface area is 346 Å². The van der Waals surface area contributed by atoms with Gasteiger partial charge in [0.1, 0.15) is 11.2 Å². The Kier molecular flexibility index (Phi) is 7.51. The molecule has 11 aromatic rings. The number of hydrogen-bond acceptors (Lipinski definition) is 5. The maximum atomic E-state index is 6.60. The molecule has 0 amide bonds. The van der Waals surface area contributed by atoms with Crippen LogP contribution < -0.4 is 0 Å². The van der Waals surface area contributed by atoms with Gasteiger partial charge in [0, 0.05) is 60.2 Å².